The van der Waals surface area contributed by atoms with Crippen LogP contribution in [0.2, 0.25) is 0 Å². The summed E-state index contributed by atoms with van der Waals surface area (Å²) in [5, 5.41) is 3.86. The first kappa shape index (κ1) is 16.6. The van der Waals surface area contributed by atoms with Gasteiger partial charge in [-0.25, -0.2) is 0 Å². The highest BCUT2D eigenvalue weighted by atomic mass is 32.1. The maximum atomic E-state index is 12.8. The Hall–Kier alpha value is -1.82. The van der Waals surface area contributed by atoms with Gasteiger partial charge in [0.05, 0.1) is 10.6 Å². The lowest BCUT2D eigenvalue weighted by molar-refractivity contribution is -0.137. The fraction of sp³-hybridized carbons (Fsp3) is 0.421. The average molecular weight is 365 g/mol. The zero-order chi connectivity index (χ0) is 17.8. The molecule has 1 aliphatic heterocycles. The van der Waals surface area contributed by atoms with Crippen LogP contribution in [0.25, 0.3) is 0 Å². The van der Waals surface area contributed by atoms with Gasteiger partial charge in [0.2, 0.25) is 5.91 Å². The molecule has 0 fully saturated rings. The Morgan fingerprint density at radius 1 is 1.16 bits per heavy atom. The summed E-state index contributed by atoms with van der Waals surface area (Å²) >= 11 is 1.64. The number of thiophene rings is 1. The third-order valence-electron chi connectivity index (χ3n) is 5.18. The van der Waals surface area contributed by atoms with Crippen LogP contribution in [0.4, 0.5) is 18.2 Å². The van der Waals surface area contributed by atoms with E-state index in [1.165, 1.54) is 22.6 Å². The van der Waals surface area contributed by atoms with Crippen molar-refractivity contribution in [3.8, 4) is 0 Å². The number of benzene rings is 1. The molecule has 1 N–H and O–H groups in total. The molecule has 1 aliphatic carbocycles. The number of nitrogens with one attached hydrogen (secondary N) is 1. The minimum absolute atomic E-state index is 0.0657. The Balaban J connectivity index is 1.76. The molecule has 2 aliphatic rings. The molecule has 1 amide bonds. The molecule has 0 spiro atoms. The molecule has 0 saturated carbocycles. The molecular weight excluding hydrogens is 347 g/mol. The molecule has 0 bridgehead atoms. The van der Waals surface area contributed by atoms with Crippen molar-refractivity contribution in [2.45, 2.75) is 44.7 Å². The predicted octanol–water partition coefficient (Wildman–Crippen LogP) is 5.37. The first-order valence-electron chi connectivity index (χ1n) is 8.44. The van der Waals surface area contributed by atoms with Gasteiger partial charge in [-0.05, 0) is 54.0 Å². The van der Waals surface area contributed by atoms with E-state index >= 15 is 0 Å². The third-order valence-corrected chi connectivity index (χ3v) is 6.37. The van der Waals surface area contributed by atoms with Crippen LogP contribution in [0.15, 0.2) is 24.3 Å². The van der Waals surface area contributed by atoms with E-state index in [1.54, 1.807) is 11.3 Å². The Morgan fingerprint density at radius 3 is 2.56 bits per heavy atom. The molecule has 2 nitrogen and oxygen atoms in total. The second-order valence-electron chi connectivity index (χ2n) is 7.02. The van der Waals surface area contributed by atoms with Gasteiger partial charge in [0.25, 0.3) is 0 Å². The molecule has 2 aromatic rings. The SMILES string of the molecule is C[C@H]1CCc2c(sc3c2[C@H](c2ccc(C(F)(F)F)cc2)CC(=O)N3)C1. The van der Waals surface area contributed by atoms with Crippen LogP contribution >= 0.6 is 11.3 Å². The third kappa shape index (κ3) is 2.97. The first-order chi connectivity index (χ1) is 11.8. The highest BCUT2D eigenvalue weighted by Crippen LogP contribution is 2.48. The van der Waals surface area contributed by atoms with Crippen molar-refractivity contribution in [1.82, 2.24) is 0 Å². The fourth-order valence-corrected chi connectivity index (χ4v) is 5.38. The number of hydrogen-bond donors (Lipinski definition) is 1. The van der Waals surface area contributed by atoms with Gasteiger partial charge in [0, 0.05) is 17.2 Å². The van der Waals surface area contributed by atoms with Crippen molar-refractivity contribution < 1.29 is 18.0 Å². The highest BCUT2D eigenvalue weighted by Gasteiger charge is 2.35. The number of carbonyl (C=O) groups is 1. The van der Waals surface area contributed by atoms with Gasteiger partial charge in [-0.15, -0.1) is 11.3 Å². The van der Waals surface area contributed by atoms with E-state index in [9.17, 15) is 18.0 Å². The lowest BCUT2D eigenvalue weighted by Gasteiger charge is -2.26. The van der Waals surface area contributed by atoms with Gasteiger partial charge in [-0.2, -0.15) is 13.2 Å². The Bertz CT molecular complexity index is 822. The second-order valence-corrected chi connectivity index (χ2v) is 8.12. The molecule has 0 radical (unpaired) electrons. The normalized spacial score (nSPS) is 23.0. The van der Waals surface area contributed by atoms with Crippen molar-refractivity contribution >= 4 is 22.2 Å². The van der Waals surface area contributed by atoms with Gasteiger partial charge < -0.3 is 5.32 Å². The standard InChI is InChI=1S/C19H18F3NOS/c1-10-2-7-13-15(8-10)25-18-17(13)14(9-16(24)23-18)11-3-5-12(6-4-11)19(20,21)22/h3-6,10,14H,2,7-9H2,1H3,(H,23,24)/t10-,14-/m0/s1. The van der Waals surface area contributed by atoms with Gasteiger partial charge in [0.1, 0.15) is 0 Å². The number of anilines is 1. The van der Waals surface area contributed by atoms with E-state index in [1.807, 2.05) is 0 Å². The summed E-state index contributed by atoms with van der Waals surface area (Å²) in [5.41, 5.74) is 2.57. The summed E-state index contributed by atoms with van der Waals surface area (Å²) in [6.45, 7) is 2.23. The average Bonchev–Trinajstić information content (AvgIpc) is 2.90. The van der Waals surface area contributed by atoms with Gasteiger partial charge >= 0.3 is 6.18 Å². The molecule has 4 rings (SSSR count). The predicted molar refractivity (Wildman–Crippen MR) is 92.0 cm³/mol. The number of amides is 1. The summed E-state index contributed by atoms with van der Waals surface area (Å²) in [7, 11) is 0. The fourth-order valence-electron chi connectivity index (χ4n) is 3.89. The molecule has 25 heavy (non-hydrogen) atoms. The monoisotopic (exact) mass is 365 g/mol. The van der Waals surface area contributed by atoms with Crippen molar-refractivity contribution in [3.05, 3.63) is 51.4 Å². The van der Waals surface area contributed by atoms with Crippen molar-refractivity contribution in [2.24, 2.45) is 5.92 Å². The van der Waals surface area contributed by atoms with Crippen LogP contribution in [-0.2, 0) is 23.8 Å². The summed E-state index contributed by atoms with van der Waals surface area (Å²) < 4.78 is 38.4. The Labute approximate surface area is 148 Å². The number of fused-ring (bicyclic) bond motifs is 3. The molecule has 2 heterocycles. The summed E-state index contributed by atoms with van der Waals surface area (Å²) in [6, 6.07) is 5.27. The van der Waals surface area contributed by atoms with E-state index in [0.717, 1.165) is 47.5 Å². The second kappa shape index (κ2) is 5.87. The Kier molecular flexibility index (Phi) is 3.90. The van der Waals surface area contributed by atoms with Crippen LogP contribution < -0.4 is 5.32 Å². The summed E-state index contributed by atoms with van der Waals surface area (Å²) in [4.78, 5) is 13.5. The smallest absolute Gasteiger partial charge is 0.317 e. The minimum atomic E-state index is -4.34. The van der Waals surface area contributed by atoms with Gasteiger partial charge in [-0.1, -0.05) is 19.1 Å². The Morgan fingerprint density at radius 2 is 1.88 bits per heavy atom. The maximum Gasteiger partial charge on any atom is 0.416 e. The van der Waals surface area contributed by atoms with Crippen LogP contribution in [-0.4, -0.2) is 5.91 Å². The first-order valence-corrected chi connectivity index (χ1v) is 9.26. The molecular formula is C19H18F3NOS. The largest absolute Gasteiger partial charge is 0.416 e. The van der Waals surface area contributed by atoms with Gasteiger partial charge in [-0.3, -0.25) is 4.79 Å². The molecule has 0 unspecified atom stereocenters. The molecule has 0 saturated heterocycles. The number of rotatable bonds is 1. The van der Waals surface area contributed by atoms with E-state index in [-0.39, 0.29) is 18.2 Å². The maximum absolute atomic E-state index is 12.8. The van der Waals surface area contributed by atoms with Crippen molar-refractivity contribution in [1.29, 1.82) is 0 Å². The molecule has 1 aromatic carbocycles. The number of halogens is 3. The zero-order valence-corrected chi connectivity index (χ0v) is 14.6. The summed E-state index contributed by atoms with van der Waals surface area (Å²) in [5.74, 6) is 0.413. The van der Waals surface area contributed by atoms with Crippen LogP contribution in [0, 0.1) is 5.92 Å². The topological polar surface area (TPSA) is 29.1 Å². The molecule has 2 atom stereocenters. The van der Waals surface area contributed by atoms with Gasteiger partial charge in [0.15, 0.2) is 0 Å². The number of carbonyl (C=O) groups excluding carboxylic acids is 1. The molecule has 132 valence electrons. The van der Waals surface area contributed by atoms with Crippen molar-refractivity contribution in [3.63, 3.8) is 0 Å². The molecule has 6 heteroatoms. The highest BCUT2D eigenvalue weighted by molar-refractivity contribution is 7.16. The minimum Gasteiger partial charge on any atom is -0.317 e. The lowest BCUT2D eigenvalue weighted by atomic mass is 9.80. The van der Waals surface area contributed by atoms with Crippen LogP contribution in [0.5, 0.6) is 0 Å². The van der Waals surface area contributed by atoms with E-state index in [0.29, 0.717) is 5.92 Å². The van der Waals surface area contributed by atoms with Crippen LogP contribution in [0.3, 0.4) is 0 Å². The number of hydrogen-bond acceptors (Lipinski definition) is 2. The lowest BCUT2D eigenvalue weighted by Crippen LogP contribution is -2.23. The van der Waals surface area contributed by atoms with Crippen molar-refractivity contribution in [2.75, 3.05) is 5.32 Å². The molecule has 1 aromatic heterocycles. The quantitative estimate of drug-likeness (QED) is 0.724. The zero-order valence-electron chi connectivity index (χ0n) is 13.7. The van der Waals surface area contributed by atoms with E-state index in [4.69, 9.17) is 0 Å². The van der Waals surface area contributed by atoms with E-state index in [2.05, 4.69) is 12.2 Å². The van der Waals surface area contributed by atoms with E-state index < -0.39 is 11.7 Å². The summed E-state index contributed by atoms with van der Waals surface area (Å²) in [6.07, 6.45) is -0.940. The number of alkyl halides is 3. The van der Waals surface area contributed by atoms with Crippen LogP contribution in [0.1, 0.15) is 52.8 Å².